The van der Waals surface area contributed by atoms with Crippen LogP contribution >= 0.6 is 11.3 Å². The number of allylic oxidation sites excluding steroid dienone is 2. The number of hydrogen-bond donors (Lipinski definition) is 0. The maximum absolute atomic E-state index is 12.0. The molecule has 78 valence electrons. The lowest BCUT2D eigenvalue weighted by Gasteiger charge is -1.96. The van der Waals surface area contributed by atoms with Gasteiger partial charge in [-0.05, 0) is 0 Å². The van der Waals surface area contributed by atoms with Crippen molar-refractivity contribution in [1.82, 2.24) is 9.13 Å². The molecule has 15 heavy (non-hydrogen) atoms. The van der Waals surface area contributed by atoms with Crippen molar-refractivity contribution >= 4 is 22.4 Å². The highest BCUT2D eigenvalue weighted by Gasteiger charge is 2.11. The van der Waals surface area contributed by atoms with Crippen molar-refractivity contribution in [2.75, 3.05) is 0 Å². The first-order chi connectivity index (χ1) is 7.29. The molecule has 3 nitrogen and oxygen atoms in total. The number of fused-ring (bicyclic) bond motifs is 1. The Morgan fingerprint density at radius 1 is 1.13 bits per heavy atom. The third-order valence-electron chi connectivity index (χ3n) is 2.29. The van der Waals surface area contributed by atoms with E-state index in [1.165, 1.54) is 0 Å². The second-order valence-electron chi connectivity index (χ2n) is 3.22. The van der Waals surface area contributed by atoms with Gasteiger partial charge in [0, 0.05) is 23.8 Å². The highest BCUT2D eigenvalue weighted by atomic mass is 32.1. The molecule has 0 amide bonds. The molecule has 0 atom stereocenters. The van der Waals surface area contributed by atoms with Gasteiger partial charge in [-0.25, -0.2) is 4.79 Å². The summed E-state index contributed by atoms with van der Waals surface area (Å²) in [4.78, 5) is 12.0. The van der Waals surface area contributed by atoms with Crippen molar-refractivity contribution in [3.63, 3.8) is 0 Å². The zero-order chi connectivity index (χ0) is 10.8. The number of hydrogen-bond acceptors (Lipinski definition) is 2. The van der Waals surface area contributed by atoms with E-state index in [0.717, 1.165) is 11.0 Å². The predicted molar refractivity (Wildman–Crippen MR) is 64.5 cm³/mol. The molecule has 0 N–H and O–H groups in total. The first-order valence-corrected chi connectivity index (χ1v) is 5.61. The van der Waals surface area contributed by atoms with Gasteiger partial charge in [0.2, 0.25) is 0 Å². The molecule has 0 unspecified atom stereocenters. The van der Waals surface area contributed by atoms with Gasteiger partial charge in [0.1, 0.15) is 0 Å². The lowest BCUT2D eigenvalue weighted by molar-refractivity contribution is 0.719. The smallest absolute Gasteiger partial charge is 0.287 e. The quantitative estimate of drug-likeness (QED) is 0.726. The fourth-order valence-electron chi connectivity index (χ4n) is 1.65. The molecule has 0 radical (unpaired) electrons. The predicted octanol–water partition coefficient (Wildman–Crippen LogP) is 2.24. The third-order valence-corrected chi connectivity index (χ3v) is 3.01. The van der Waals surface area contributed by atoms with Crippen LogP contribution in [0.5, 0.6) is 0 Å². The van der Waals surface area contributed by atoms with Gasteiger partial charge in [0.15, 0.2) is 0 Å². The van der Waals surface area contributed by atoms with Crippen LogP contribution in [0.3, 0.4) is 0 Å². The van der Waals surface area contributed by atoms with Crippen LogP contribution in [-0.2, 0) is 13.1 Å². The van der Waals surface area contributed by atoms with E-state index in [1.54, 1.807) is 32.6 Å². The Kier molecular flexibility index (Phi) is 2.60. The molecule has 0 aromatic carbocycles. The molecule has 4 heteroatoms. The average molecular weight is 220 g/mol. The van der Waals surface area contributed by atoms with Crippen molar-refractivity contribution < 1.29 is 0 Å². The lowest BCUT2D eigenvalue weighted by Crippen LogP contribution is -2.23. The van der Waals surface area contributed by atoms with Crippen LogP contribution in [0.4, 0.5) is 0 Å². The Hall–Kier alpha value is -1.55. The van der Waals surface area contributed by atoms with Gasteiger partial charge in [-0.1, -0.05) is 12.2 Å². The van der Waals surface area contributed by atoms with Crippen molar-refractivity contribution in [3.8, 4) is 0 Å². The Bertz CT molecular complexity index is 513. The summed E-state index contributed by atoms with van der Waals surface area (Å²) in [5.41, 5.74) is 1.96. The van der Waals surface area contributed by atoms with E-state index < -0.39 is 0 Å². The summed E-state index contributed by atoms with van der Waals surface area (Å²) in [5, 5.41) is 3.97. The van der Waals surface area contributed by atoms with Gasteiger partial charge in [-0.3, -0.25) is 9.13 Å². The van der Waals surface area contributed by atoms with Crippen molar-refractivity contribution in [2.24, 2.45) is 0 Å². The van der Waals surface area contributed by atoms with Crippen LogP contribution in [0.1, 0.15) is 0 Å². The van der Waals surface area contributed by atoms with Gasteiger partial charge < -0.3 is 0 Å². The Morgan fingerprint density at radius 2 is 1.60 bits per heavy atom. The summed E-state index contributed by atoms with van der Waals surface area (Å²) in [6.45, 7) is 8.42. The van der Waals surface area contributed by atoms with Crippen LogP contribution in [0, 0.1) is 0 Å². The number of thiophene rings is 1. The first-order valence-electron chi connectivity index (χ1n) is 4.66. The molecule has 0 aliphatic heterocycles. The number of aromatic nitrogens is 2. The zero-order valence-corrected chi connectivity index (χ0v) is 9.17. The summed E-state index contributed by atoms with van der Waals surface area (Å²) in [6.07, 6.45) is 3.47. The normalized spacial score (nSPS) is 10.7. The highest BCUT2D eigenvalue weighted by molar-refractivity contribution is 7.09. The molecule has 0 saturated carbocycles. The zero-order valence-electron chi connectivity index (χ0n) is 8.35. The topological polar surface area (TPSA) is 26.9 Å². The molecule has 2 aromatic rings. The Morgan fingerprint density at radius 3 is 2.00 bits per heavy atom. The van der Waals surface area contributed by atoms with E-state index in [1.807, 2.05) is 10.8 Å². The van der Waals surface area contributed by atoms with E-state index in [9.17, 15) is 4.79 Å². The molecule has 0 fully saturated rings. The van der Waals surface area contributed by atoms with Gasteiger partial charge in [0.25, 0.3) is 0 Å². The summed E-state index contributed by atoms with van der Waals surface area (Å²) in [5.74, 6) is 0. The minimum absolute atomic E-state index is 0.00704. The monoisotopic (exact) mass is 220 g/mol. The average Bonchev–Trinajstić information content (AvgIpc) is 2.77. The summed E-state index contributed by atoms with van der Waals surface area (Å²) < 4.78 is 3.45. The maximum atomic E-state index is 12.0. The summed E-state index contributed by atoms with van der Waals surface area (Å²) >= 11 is 1.60. The molecule has 0 spiro atoms. The van der Waals surface area contributed by atoms with Crippen LogP contribution in [0.25, 0.3) is 11.0 Å². The molecule has 0 aliphatic carbocycles. The third kappa shape index (κ3) is 1.47. The van der Waals surface area contributed by atoms with Crippen molar-refractivity contribution in [1.29, 1.82) is 0 Å². The number of rotatable bonds is 4. The SMILES string of the molecule is C=CCn1c(=O)n(CC=C)c2cscc21. The van der Waals surface area contributed by atoms with Crippen LogP contribution in [0.2, 0.25) is 0 Å². The molecule has 2 heterocycles. The lowest BCUT2D eigenvalue weighted by atomic mass is 10.5. The van der Waals surface area contributed by atoms with E-state index in [2.05, 4.69) is 13.2 Å². The Balaban J connectivity index is 2.73. The largest absolute Gasteiger partial charge is 0.329 e. The Labute approximate surface area is 91.6 Å². The number of nitrogens with zero attached hydrogens (tertiary/aromatic N) is 2. The number of imidazole rings is 1. The molecule has 2 aromatic heterocycles. The van der Waals surface area contributed by atoms with Crippen LogP contribution in [0.15, 0.2) is 40.9 Å². The minimum Gasteiger partial charge on any atom is -0.287 e. The second-order valence-corrected chi connectivity index (χ2v) is 3.97. The van der Waals surface area contributed by atoms with Crippen molar-refractivity contribution in [3.05, 3.63) is 46.6 Å². The molecule has 0 saturated heterocycles. The first kappa shape index (κ1) is 9.98. The standard InChI is InChI=1S/C11H12N2OS/c1-3-5-12-9-7-15-8-10(9)13(6-4-2)11(12)14/h3-4,7-8H,1-2,5-6H2. The molecule has 2 rings (SSSR count). The summed E-state index contributed by atoms with van der Waals surface area (Å²) in [7, 11) is 0. The molecule has 0 bridgehead atoms. The van der Waals surface area contributed by atoms with Gasteiger partial charge in [-0.2, -0.15) is 0 Å². The maximum Gasteiger partial charge on any atom is 0.329 e. The van der Waals surface area contributed by atoms with Gasteiger partial charge >= 0.3 is 5.69 Å². The van der Waals surface area contributed by atoms with Gasteiger partial charge in [-0.15, -0.1) is 24.5 Å². The van der Waals surface area contributed by atoms with Crippen LogP contribution < -0.4 is 5.69 Å². The van der Waals surface area contributed by atoms with E-state index in [-0.39, 0.29) is 5.69 Å². The van der Waals surface area contributed by atoms with E-state index >= 15 is 0 Å². The second kappa shape index (κ2) is 3.90. The van der Waals surface area contributed by atoms with Gasteiger partial charge in [0.05, 0.1) is 11.0 Å². The minimum atomic E-state index is 0.00704. The molecular formula is C11H12N2OS. The summed E-state index contributed by atoms with van der Waals surface area (Å²) in [6, 6.07) is 0. The fraction of sp³-hybridized carbons (Fsp3) is 0.182. The fourth-order valence-corrected chi connectivity index (χ4v) is 2.47. The molecular weight excluding hydrogens is 208 g/mol. The molecule has 0 aliphatic rings. The van der Waals surface area contributed by atoms with Crippen LogP contribution in [-0.4, -0.2) is 9.13 Å². The van der Waals surface area contributed by atoms with Crippen molar-refractivity contribution in [2.45, 2.75) is 13.1 Å². The highest BCUT2D eigenvalue weighted by Crippen LogP contribution is 2.18. The van der Waals surface area contributed by atoms with E-state index in [0.29, 0.717) is 13.1 Å². The van der Waals surface area contributed by atoms with E-state index in [4.69, 9.17) is 0 Å².